The summed E-state index contributed by atoms with van der Waals surface area (Å²) in [7, 11) is 0. The van der Waals surface area contributed by atoms with Crippen LogP contribution in [-0.2, 0) is 0 Å². The second-order valence-corrected chi connectivity index (χ2v) is 2.73. The van der Waals surface area contributed by atoms with Gasteiger partial charge < -0.3 is 4.98 Å². The standard InChI is InChI=1S/C7H6ClN3/c1-4-2-5-7(10-3-9-5)11-6(4)8/h2-3H,1H3,(H,9,10,11). The molecule has 0 unspecified atom stereocenters. The van der Waals surface area contributed by atoms with Gasteiger partial charge >= 0.3 is 0 Å². The molecule has 0 spiro atoms. The van der Waals surface area contributed by atoms with E-state index in [-0.39, 0.29) is 0 Å². The lowest BCUT2D eigenvalue weighted by molar-refractivity contribution is 1.28. The number of pyridine rings is 1. The molecule has 0 fully saturated rings. The van der Waals surface area contributed by atoms with Crippen LogP contribution in [0.2, 0.25) is 5.15 Å². The number of rotatable bonds is 0. The van der Waals surface area contributed by atoms with Crippen molar-refractivity contribution in [1.82, 2.24) is 15.0 Å². The van der Waals surface area contributed by atoms with Crippen molar-refractivity contribution >= 4 is 22.8 Å². The zero-order valence-electron chi connectivity index (χ0n) is 5.93. The van der Waals surface area contributed by atoms with Crippen LogP contribution in [-0.4, -0.2) is 15.0 Å². The van der Waals surface area contributed by atoms with Crippen LogP contribution in [0.15, 0.2) is 12.4 Å². The predicted molar refractivity (Wildman–Crippen MR) is 43.6 cm³/mol. The fraction of sp³-hybridized carbons (Fsp3) is 0.143. The van der Waals surface area contributed by atoms with Crippen LogP contribution in [0, 0.1) is 6.92 Å². The molecule has 3 nitrogen and oxygen atoms in total. The van der Waals surface area contributed by atoms with E-state index >= 15 is 0 Å². The number of nitrogens with one attached hydrogen (secondary N) is 1. The van der Waals surface area contributed by atoms with Crippen molar-refractivity contribution in [2.24, 2.45) is 0 Å². The molecule has 4 heteroatoms. The van der Waals surface area contributed by atoms with Gasteiger partial charge in [-0.25, -0.2) is 9.97 Å². The van der Waals surface area contributed by atoms with Crippen LogP contribution in [0.25, 0.3) is 11.2 Å². The van der Waals surface area contributed by atoms with Crippen LogP contribution < -0.4 is 0 Å². The van der Waals surface area contributed by atoms with E-state index in [4.69, 9.17) is 11.6 Å². The van der Waals surface area contributed by atoms with Crippen LogP contribution >= 0.6 is 11.6 Å². The van der Waals surface area contributed by atoms with Crippen molar-refractivity contribution in [1.29, 1.82) is 0 Å². The van der Waals surface area contributed by atoms with Crippen molar-refractivity contribution in [3.05, 3.63) is 23.1 Å². The minimum absolute atomic E-state index is 0.518. The van der Waals surface area contributed by atoms with Crippen LogP contribution in [0.5, 0.6) is 0 Å². The normalized spacial score (nSPS) is 10.7. The zero-order valence-corrected chi connectivity index (χ0v) is 6.68. The van der Waals surface area contributed by atoms with Crippen molar-refractivity contribution < 1.29 is 0 Å². The number of fused-ring (bicyclic) bond motifs is 1. The number of hydrogen-bond acceptors (Lipinski definition) is 2. The number of aryl methyl sites for hydroxylation is 1. The quantitative estimate of drug-likeness (QED) is 0.609. The molecule has 0 amide bonds. The minimum Gasteiger partial charge on any atom is -0.343 e. The second-order valence-electron chi connectivity index (χ2n) is 2.37. The van der Waals surface area contributed by atoms with Crippen LogP contribution in [0.1, 0.15) is 5.56 Å². The average Bonchev–Trinajstić information content (AvgIpc) is 2.36. The summed E-state index contributed by atoms with van der Waals surface area (Å²) in [6.45, 7) is 1.91. The van der Waals surface area contributed by atoms with Gasteiger partial charge in [-0.15, -0.1) is 0 Å². The summed E-state index contributed by atoms with van der Waals surface area (Å²) in [5, 5.41) is 0.518. The van der Waals surface area contributed by atoms with Gasteiger partial charge in [-0.05, 0) is 18.6 Å². The molecule has 0 aliphatic heterocycles. The molecule has 1 N–H and O–H groups in total. The lowest BCUT2D eigenvalue weighted by Crippen LogP contribution is -1.82. The number of H-pyrrole nitrogens is 1. The monoisotopic (exact) mass is 167 g/mol. The summed E-state index contributed by atoms with van der Waals surface area (Å²) in [6, 6.07) is 1.93. The van der Waals surface area contributed by atoms with Gasteiger partial charge in [0.15, 0.2) is 5.65 Å². The first kappa shape index (κ1) is 6.61. The number of nitrogens with zero attached hydrogens (tertiary/aromatic N) is 2. The Bertz CT molecular complexity index is 357. The fourth-order valence-corrected chi connectivity index (χ4v) is 1.08. The summed E-state index contributed by atoms with van der Waals surface area (Å²) < 4.78 is 0. The van der Waals surface area contributed by atoms with Crippen LogP contribution in [0.3, 0.4) is 0 Å². The Morgan fingerprint density at radius 2 is 2.36 bits per heavy atom. The van der Waals surface area contributed by atoms with Crippen molar-refractivity contribution in [2.45, 2.75) is 6.92 Å². The first-order valence-corrected chi connectivity index (χ1v) is 3.61. The number of aromatic amines is 1. The Balaban J connectivity index is 2.86. The summed E-state index contributed by atoms with van der Waals surface area (Å²) in [5.41, 5.74) is 2.55. The van der Waals surface area contributed by atoms with E-state index in [0.717, 1.165) is 11.1 Å². The van der Waals surface area contributed by atoms with Crippen molar-refractivity contribution in [3.63, 3.8) is 0 Å². The molecule has 0 saturated heterocycles. The predicted octanol–water partition coefficient (Wildman–Crippen LogP) is 1.92. The summed E-state index contributed by atoms with van der Waals surface area (Å²) in [5.74, 6) is 0. The second kappa shape index (κ2) is 2.20. The van der Waals surface area contributed by atoms with Gasteiger partial charge in [0.05, 0.1) is 11.8 Å². The van der Waals surface area contributed by atoms with E-state index in [1.54, 1.807) is 6.33 Å². The summed E-state index contributed by atoms with van der Waals surface area (Å²) in [6.07, 6.45) is 1.60. The number of aromatic nitrogens is 3. The number of hydrogen-bond donors (Lipinski definition) is 1. The van der Waals surface area contributed by atoms with Gasteiger partial charge in [-0.2, -0.15) is 0 Å². The molecular formula is C7H6ClN3. The van der Waals surface area contributed by atoms with Gasteiger partial charge in [0, 0.05) is 0 Å². The van der Waals surface area contributed by atoms with E-state index < -0.39 is 0 Å². The Morgan fingerprint density at radius 1 is 1.55 bits per heavy atom. The highest BCUT2D eigenvalue weighted by Crippen LogP contribution is 2.16. The Kier molecular flexibility index (Phi) is 1.32. The Morgan fingerprint density at radius 3 is 3.18 bits per heavy atom. The molecule has 0 aliphatic carbocycles. The molecule has 2 rings (SSSR count). The molecule has 0 radical (unpaired) electrons. The summed E-state index contributed by atoms with van der Waals surface area (Å²) in [4.78, 5) is 11.0. The SMILES string of the molecule is Cc1cc2[nH]cnc2nc1Cl. The highest BCUT2D eigenvalue weighted by atomic mass is 35.5. The van der Waals surface area contributed by atoms with E-state index in [1.807, 2.05) is 13.0 Å². The maximum absolute atomic E-state index is 5.78. The van der Waals surface area contributed by atoms with Gasteiger partial charge in [-0.3, -0.25) is 0 Å². The fourth-order valence-electron chi connectivity index (χ4n) is 0.950. The smallest absolute Gasteiger partial charge is 0.178 e. The molecule has 2 aromatic heterocycles. The number of halogens is 1. The minimum atomic E-state index is 0.518. The van der Waals surface area contributed by atoms with Crippen LogP contribution in [0.4, 0.5) is 0 Å². The third kappa shape index (κ3) is 0.973. The van der Waals surface area contributed by atoms with Gasteiger partial charge in [0.2, 0.25) is 0 Å². The first-order chi connectivity index (χ1) is 5.27. The molecule has 56 valence electrons. The van der Waals surface area contributed by atoms with Crippen molar-refractivity contribution in [3.8, 4) is 0 Å². The van der Waals surface area contributed by atoms with E-state index in [0.29, 0.717) is 10.8 Å². The molecule has 2 heterocycles. The molecule has 11 heavy (non-hydrogen) atoms. The maximum atomic E-state index is 5.78. The molecular weight excluding hydrogens is 162 g/mol. The van der Waals surface area contributed by atoms with E-state index in [2.05, 4.69) is 15.0 Å². The highest BCUT2D eigenvalue weighted by molar-refractivity contribution is 6.30. The first-order valence-electron chi connectivity index (χ1n) is 3.23. The van der Waals surface area contributed by atoms with E-state index in [1.165, 1.54) is 0 Å². The Labute approximate surface area is 68.4 Å². The number of imidazole rings is 1. The molecule has 0 aromatic carbocycles. The van der Waals surface area contributed by atoms with Crippen molar-refractivity contribution in [2.75, 3.05) is 0 Å². The largest absolute Gasteiger partial charge is 0.343 e. The topological polar surface area (TPSA) is 41.6 Å². The maximum Gasteiger partial charge on any atom is 0.178 e. The third-order valence-corrected chi connectivity index (χ3v) is 1.92. The Hall–Kier alpha value is -1.09. The lowest BCUT2D eigenvalue weighted by atomic mass is 10.3. The molecule has 0 bridgehead atoms. The summed E-state index contributed by atoms with van der Waals surface area (Å²) >= 11 is 5.78. The molecule has 0 aliphatic rings. The molecule has 0 atom stereocenters. The third-order valence-electron chi connectivity index (χ3n) is 1.54. The van der Waals surface area contributed by atoms with Gasteiger partial charge in [0.1, 0.15) is 5.15 Å². The van der Waals surface area contributed by atoms with Gasteiger partial charge in [-0.1, -0.05) is 11.6 Å². The zero-order chi connectivity index (χ0) is 7.84. The molecule has 2 aromatic rings. The average molecular weight is 168 g/mol. The molecule has 0 saturated carbocycles. The van der Waals surface area contributed by atoms with E-state index in [9.17, 15) is 0 Å². The lowest BCUT2D eigenvalue weighted by Gasteiger charge is -1.94. The highest BCUT2D eigenvalue weighted by Gasteiger charge is 2.01. The van der Waals surface area contributed by atoms with Gasteiger partial charge in [0.25, 0.3) is 0 Å².